The van der Waals surface area contributed by atoms with Crippen LogP contribution in [0.2, 0.25) is 0 Å². The van der Waals surface area contributed by atoms with Gasteiger partial charge in [0.25, 0.3) is 0 Å². The van der Waals surface area contributed by atoms with Crippen LogP contribution >= 0.6 is 0 Å². The molecule has 0 aliphatic heterocycles. The molecule has 1 rings (SSSR count). The molecule has 2 N–H and O–H groups in total. The molecule has 0 saturated heterocycles. The number of benzene rings is 1. The maximum absolute atomic E-state index is 12.0. The number of hydrogen-bond donors (Lipinski definition) is 2. The lowest BCUT2D eigenvalue weighted by molar-refractivity contribution is -0.137. The second-order valence-corrected chi connectivity index (χ2v) is 5.99. The fourth-order valence-electron chi connectivity index (χ4n) is 1.50. The van der Waals surface area contributed by atoms with E-state index in [0.717, 1.165) is 0 Å². The number of carboxylic acids is 1. The van der Waals surface area contributed by atoms with Crippen molar-refractivity contribution in [3.8, 4) is 5.75 Å². The van der Waals surface area contributed by atoms with E-state index < -0.39 is 16.0 Å². The smallest absolute Gasteiger partial charge is 0.306 e. The quantitative estimate of drug-likeness (QED) is 0.535. The third-order valence-corrected chi connectivity index (χ3v) is 4.03. The van der Waals surface area contributed by atoms with E-state index in [1.54, 1.807) is 0 Å². The van der Waals surface area contributed by atoms with Gasteiger partial charge in [0.15, 0.2) is 0 Å². The van der Waals surface area contributed by atoms with Crippen molar-refractivity contribution in [1.82, 2.24) is 4.72 Å². The second kappa shape index (κ2) is 8.43. The van der Waals surface area contributed by atoms with Gasteiger partial charge in [0.1, 0.15) is 5.75 Å². The lowest BCUT2D eigenvalue weighted by atomic mass is 10.3. The van der Waals surface area contributed by atoms with Gasteiger partial charge in [-0.2, -0.15) is 0 Å². The van der Waals surface area contributed by atoms with Crippen molar-refractivity contribution in [2.75, 3.05) is 13.2 Å². The molecule has 1 aromatic carbocycles. The predicted molar refractivity (Wildman–Crippen MR) is 78.8 cm³/mol. The third kappa shape index (κ3) is 6.42. The first kappa shape index (κ1) is 17.2. The molecule has 0 saturated carbocycles. The molecule has 6 nitrogen and oxygen atoms in total. The lowest BCUT2D eigenvalue weighted by Crippen LogP contribution is -2.24. The lowest BCUT2D eigenvalue weighted by Gasteiger charge is -2.07. The largest absolute Gasteiger partial charge is 0.493 e. The maximum Gasteiger partial charge on any atom is 0.306 e. The molecule has 0 spiro atoms. The number of ether oxygens (including phenoxy) is 1. The molecular weight excluding hydrogens is 294 g/mol. The highest BCUT2D eigenvalue weighted by Gasteiger charge is 2.12. The highest BCUT2D eigenvalue weighted by atomic mass is 32.2. The van der Waals surface area contributed by atoms with Crippen molar-refractivity contribution < 1.29 is 23.1 Å². The second-order valence-electron chi connectivity index (χ2n) is 4.22. The van der Waals surface area contributed by atoms with Gasteiger partial charge in [-0.25, -0.2) is 13.1 Å². The molecule has 0 aromatic heterocycles. The average molecular weight is 313 g/mol. The van der Waals surface area contributed by atoms with Crippen LogP contribution in [0.4, 0.5) is 0 Å². The normalized spacial score (nSPS) is 11.7. The zero-order valence-corrected chi connectivity index (χ0v) is 12.6. The molecule has 7 heteroatoms. The maximum atomic E-state index is 12.0. The summed E-state index contributed by atoms with van der Waals surface area (Å²) in [6.45, 7) is 2.25. The van der Waals surface area contributed by atoms with E-state index in [0.29, 0.717) is 18.7 Å². The Morgan fingerprint density at radius 1 is 1.33 bits per heavy atom. The number of allylic oxidation sites excluding steroid dienone is 1. The van der Waals surface area contributed by atoms with Crippen molar-refractivity contribution in [3.05, 3.63) is 36.4 Å². The van der Waals surface area contributed by atoms with Crippen LogP contribution in [0.5, 0.6) is 5.75 Å². The summed E-state index contributed by atoms with van der Waals surface area (Å²) in [5.74, 6) is -0.511. The van der Waals surface area contributed by atoms with Crippen LogP contribution in [0.15, 0.2) is 41.3 Å². The Kier molecular flexibility index (Phi) is 6.90. The van der Waals surface area contributed by atoms with Crippen LogP contribution < -0.4 is 9.46 Å². The molecule has 0 bridgehead atoms. The van der Waals surface area contributed by atoms with Crippen molar-refractivity contribution in [2.24, 2.45) is 0 Å². The highest BCUT2D eigenvalue weighted by molar-refractivity contribution is 7.89. The molecule has 21 heavy (non-hydrogen) atoms. The molecule has 0 unspecified atom stereocenters. The highest BCUT2D eigenvalue weighted by Crippen LogP contribution is 2.16. The van der Waals surface area contributed by atoms with E-state index in [9.17, 15) is 13.2 Å². The minimum Gasteiger partial charge on any atom is -0.493 e. The van der Waals surface area contributed by atoms with Crippen molar-refractivity contribution in [3.63, 3.8) is 0 Å². The van der Waals surface area contributed by atoms with E-state index in [2.05, 4.69) is 4.72 Å². The number of sulfonamides is 1. The summed E-state index contributed by atoms with van der Waals surface area (Å²) in [6.07, 6.45) is 4.26. The Labute approximate surface area is 124 Å². The third-order valence-electron chi connectivity index (χ3n) is 2.56. The SMILES string of the molecule is C/C=C/CCNS(=O)(=O)c1ccc(OCCC(=O)O)cc1. The number of carboxylic acid groups (broad SMARTS) is 1. The van der Waals surface area contributed by atoms with Gasteiger partial charge in [-0.1, -0.05) is 12.2 Å². The van der Waals surface area contributed by atoms with E-state index in [4.69, 9.17) is 9.84 Å². The molecule has 116 valence electrons. The predicted octanol–water partition coefficient (Wildman–Crippen LogP) is 1.78. The average Bonchev–Trinajstić information content (AvgIpc) is 2.44. The molecule has 0 aliphatic rings. The number of hydrogen-bond acceptors (Lipinski definition) is 4. The summed E-state index contributed by atoms with van der Waals surface area (Å²) in [7, 11) is -3.53. The number of carbonyl (C=O) groups is 1. The first-order valence-corrected chi connectivity index (χ1v) is 7.99. The van der Waals surface area contributed by atoms with Crippen LogP contribution in [-0.2, 0) is 14.8 Å². The molecule has 0 atom stereocenters. The van der Waals surface area contributed by atoms with E-state index >= 15 is 0 Å². The first-order valence-electron chi connectivity index (χ1n) is 6.51. The molecule has 0 heterocycles. The minimum absolute atomic E-state index is 0.0447. The van der Waals surface area contributed by atoms with Gasteiger partial charge in [-0.05, 0) is 37.6 Å². The van der Waals surface area contributed by atoms with Gasteiger partial charge in [0.2, 0.25) is 10.0 Å². The Bertz CT molecular complexity index is 578. The Hall–Kier alpha value is -1.86. The molecular formula is C14H19NO5S. The molecule has 0 radical (unpaired) electrons. The fourth-order valence-corrected chi connectivity index (χ4v) is 2.55. The Morgan fingerprint density at radius 3 is 2.57 bits per heavy atom. The van der Waals surface area contributed by atoms with Gasteiger partial charge < -0.3 is 9.84 Å². The topological polar surface area (TPSA) is 92.7 Å². The van der Waals surface area contributed by atoms with Gasteiger partial charge in [0.05, 0.1) is 17.9 Å². The standard InChI is InChI=1S/C14H19NO5S/c1-2-3-4-10-15-21(18,19)13-7-5-12(6-8-13)20-11-9-14(16)17/h2-3,5-8,15H,4,9-11H2,1H3,(H,16,17)/b3-2+. The summed E-state index contributed by atoms with van der Waals surface area (Å²) >= 11 is 0. The minimum atomic E-state index is -3.53. The summed E-state index contributed by atoms with van der Waals surface area (Å²) in [5.41, 5.74) is 0. The van der Waals surface area contributed by atoms with Crippen LogP contribution in [0.3, 0.4) is 0 Å². The molecule has 0 amide bonds. The molecule has 1 aromatic rings. The van der Waals surface area contributed by atoms with Crippen LogP contribution in [0.1, 0.15) is 19.8 Å². The summed E-state index contributed by atoms with van der Waals surface area (Å²) in [4.78, 5) is 10.5. The zero-order valence-electron chi connectivity index (χ0n) is 11.8. The molecule has 0 aliphatic carbocycles. The van der Waals surface area contributed by atoms with Crippen molar-refractivity contribution >= 4 is 16.0 Å². The summed E-state index contributed by atoms with van der Waals surface area (Å²) < 4.78 is 31.6. The van der Waals surface area contributed by atoms with Crippen LogP contribution in [-0.4, -0.2) is 32.6 Å². The fraction of sp³-hybridized carbons (Fsp3) is 0.357. The number of rotatable bonds is 9. The first-order chi connectivity index (χ1) is 9.95. The van der Waals surface area contributed by atoms with Crippen LogP contribution in [0.25, 0.3) is 0 Å². The Morgan fingerprint density at radius 2 is 2.00 bits per heavy atom. The van der Waals surface area contributed by atoms with Gasteiger partial charge in [-0.15, -0.1) is 0 Å². The van der Waals surface area contributed by atoms with Crippen molar-refractivity contribution in [1.29, 1.82) is 0 Å². The van der Waals surface area contributed by atoms with E-state index in [1.807, 2.05) is 19.1 Å². The van der Waals surface area contributed by atoms with Gasteiger partial charge in [-0.3, -0.25) is 4.79 Å². The monoisotopic (exact) mass is 313 g/mol. The van der Waals surface area contributed by atoms with Gasteiger partial charge >= 0.3 is 5.97 Å². The zero-order chi connectivity index (χ0) is 15.7. The van der Waals surface area contributed by atoms with Gasteiger partial charge in [0, 0.05) is 6.54 Å². The van der Waals surface area contributed by atoms with E-state index in [-0.39, 0.29) is 17.9 Å². The number of aliphatic carboxylic acids is 1. The Balaban J connectivity index is 2.57. The number of nitrogens with one attached hydrogen (secondary N) is 1. The van der Waals surface area contributed by atoms with Crippen LogP contribution in [0, 0.1) is 0 Å². The molecule has 0 fully saturated rings. The summed E-state index contributed by atoms with van der Waals surface area (Å²) in [5, 5.41) is 8.49. The van der Waals surface area contributed by atoms with E-state index in [1.165, 1.54) is 24.3 Å². The van der Waals surface area contributed by atoms with Crippen molar-refractivity contribution in [2.45, 2.75) is 24.7 Å². The summed E-state index contributed by atoms with van der Waals surface area (Å²) in [6, 6.07) is 5.85.